The number of carbonyl (C=O) groups is 3. The Bertz CT molecular complexity index is 1360. The fourth-order valence-corrected chi connectivity index (χ4v) is 6.02. The molecule has 6 rings (SSSR count). The molecule has 1 aromatic heterocycles. The van der Waals surface area contributed by atoms with Gasteiger partial charge in [0.1, 0.15) is 5.41 Å². The summed E-state index contributed by atoms with van der Waals surface area (Å²) >= 11 is 0. The molecule has 0 saturated carbocycles. The van der Waals surface area contributed by atoms with E-state index in [9.17, 15) is 14.4 Å². The van der Waals surface area contributed by atoms with E-state index in [2.05, 4.69) is 11.4 Å². The molecule has 164 valence electrons. The van der Waals surface area contributed by atoms with Gasteiger partial charge in [-0.1, -0.05) is 42.0 Å². The van der Waals surface area contributed by atoms with Crippen molar-refractivity contribution in [2.45, 2.75) is 31.3 Å². The number of aryl methyl sites for hydroxylation is 1. The van der Waals surface area contributed by atoms with Gasteiger partial charge in [-0.2, -0.15) is 0 Å². The van der Waals surface area contributed by atoms with Crippen molar-refractivity contribution in [1.82, 2.24) is 0 Å². The van der Waals surface area contributed by atoms with E-state index in [4.69, 9.17) is 4.42 Å². The average molecular weight is 438 g/mol. The first-order valence-electron chi connectivity index (χ1n) is 11.0. The molecule has 6 nitrogen and oxygen atoms in total. The maximum absolute atomic E-state index is 14.0. The number of nitrogens with zero attached hydrogens (tertiary/aromatic N) is 1. The molecule has 1 amide bonds. The van der Waals surface area contributed by atoms with Crippen LogP contribution in [0.3, 0.4) is 0 Å². The van der Waals surface area contributed by atoms with Crippen LogP contribution in [-0.4, -0.2) is 29.6 Å². The maximum atomic E-state index is 14.0. The first kappa shape index (κ1) is 19.7. The highest BCUT2D eigenvalue weighted by atomic mass is 16.3. The van der Waals surface area contributed by atoms with Gasteiger partial charge in [0, 0.05) is 11.4 Å². The van der Waals surface area contributed by atoms with Crippen LogP contribution in [0.15, 0.2) is 71.4 Å². The van der Waals surface area contributed by atoms with Gasteiger partial charge in [0.25, 0.3) is 0 Å². The maximum Gasteiger partial charge on any atom is 0.238 e. The predicted octanol–water partition coefficient (Wildman–Crippen LogP) is 4.15. The summed E-state index contributed by atoms with van der Waals surface area (Å²) in [4.78, 5) is 43.1. The minimum atomic E-state index is -1.27. The van der Waals surface area contributed by atoms with E-state index in [1.54, 1.807) is 12.1 Å². The lowest BCUT2D eigenvalue weighted by Crippen LogP contribution is -2.51. The van der Waals surface area contributed by atoms with Crippen molar-refractivity contribution in [3.05, 3.63) is 89.4 Å². The van der Waals surface area contributed by atoms with Gasteiger partial charge < -0.3 is 14.6 Å². The van der Waals surface area contributed by atoms with E-state index < -0.39 is 23.4 Å². The van der Waals surface area contributed by atoms with Crippen molar-refractivity contribution in [3.63, 3.8) is 0 Å². The Hall–Kier alpha value is -3.93. The summed E-state index contributed by atoms with van der Waals surface area (Å²) in [7, 11) is 0. The molecule has 1 fully saturated rings. The molecule has 0 radical (unpaired) electrons. The van der Waals surface area contributed by atoms with Crippen LogP contribution in [0.4, 0.5) is 11.4 Å². The zero-order valence-electron chi connectivity index (χ0n) is 18.2. The number of benzene rings is 2. The van der Waals surface area contributed by atoms with Gasteiger partial charge in [0.05, 0.1) is 24.3 Å². The number of hydrogen-bond donors (Lipinski definition) is 1. The highest BCUT2D eigenvalue weighted by Crippen LogP contribution is 2.57. The van der Waals surface area contributed by atoms with Gasteiger partial charge in [0.2, 0.25) is 11.7 Å². The molecule has 6 heteroatoms. The second kappa shape index (κ2) is 6.78. The highest BCUT2D eigenvalue weighted by molar-refractivity contribution is 6.16. The molecular weight excluding hydrogens is 416 g/mol. The van der Waals surface area contributed by atoms with Gasteiger partial charge >= 0.3 is 0 Å². The number of carbonyl (C=O) groups excluding carboxylic acids is 3. The fraction of sp³-hybridized carbons (Fsp3) is 0.222. The van der Waals surface area contributed by atoms with Crippen molar-refractivity contribution in [1.29, 1.82) is 0 Å². The predicted molar refractivity (Wildman–Crippen MR) is 124 cm³/mol. The van der Waals surface area contributed by atoms with E-state index in [0.29, 0.717) is 5.69 Å². The van der Waals surface area contributed by atoms with Crippen LogP contribution < -0.4 is 10.2 Å². The van der Waals surface area contributed by atoms with Crippen molar-refractivity contribution in [2.75, 3.05) is 10.2 Å². The van der Waals surface area contributed by atoms with Crippen molar-refractivity contribution >= 4 is 34.9 Å². The minimum Gasteiger partial charge on any atom is -0.461 e. The Balaban J connectivity index is 1.67. The Morgan fingerprint density at radius 1 is 1.09 bits per heavy atom. The standard InChI is InChI=1S/C27H22N2O4/c1-15-9-11-20-17(14-15)10-12-22-27(18-6-3-4-7-19(18)28-26(27)32)23(24(16(2)30)29(20)22)25(31)21-8-5-13-33-21/h3-14,22-24H,1-2H3,(H,28,32)/t22-,23+,24-,27-/m1/s1. The van der Waals surface area contributed by atoms with Gasteiger partial charge in [-0.05, 0) is 55.3 Å². The van der Waals surface area contributed by atoms with Crippen LogP contribution in [0, 0.1) is 12.8 Å². The molecule has 0 aliphatic carbocycles. The summed E-state index contributed by atoms with van der Waals surface area (Å²) in [6.07, 6.45) is 5.40. The third-order valence-electron chi connectivity index (χ3n) is 7.25. The molecule has 1 spiro atoms. The quantitative estimate of drug-likeness (QED) is 0.622. The van der Waals surface area contributed by atoms with Crippen LogP contribution in [0.2, 0.25) is 0 Å². The lowest BCUT2D eigenvalue weighted by Gasteiger charge is -2.37. The molecule has 4 heterocycles. The summed E-state index contributed by atoms with van der Waals surface area (Å²) in [5, 5.41) is 2.99. The smallest absolute Gasteiger partial charge is 0.238 e. The Morgan fingerprint density at radius 2 is 1.91 bits per heavy atom. The number of fused-ring (bicyclic) bond motifs is 6. The molecule has 3 aliphatic heterocycles. The Morgan fingerprint density at radius 3 is 2.67 bits per heavy atom. The number of amides is 1. The van der Waals surface area contributed by atoms with Gasteiger partial charge in [-0.15, -0.1) is 0 Å². The third kappa shape index (κ3) is 2.46. The topological polar surface area (TPSA) is 79.6 Å². The van der Waals surface area contributed by atoms with Crippen molar-refractivity contribution in [2.24, 2.45) is 5.92 Å². The SMILES string of the molecule is CC(=O)[C@@H]1[C@@H](C(=O)c2ccco2)[C@]2(C(=O)Nc3ccccc32)[C@H]2C=Cc3cc(C)ccc3N12. The summed E-state index contributed by atoms with van der Waals surface area (Å²) in [5.74, 6) is -1.58. The van der Waals surface area contributed by atoms with Gasteiger partial charge in [-0.3, -0.25) is 14.4 Å². The van der Waals surface area contributed by atoms with Crippen LogP contribution in [-0.2, 0) is 15.0 Å². The molecule has 3 aliphatic rings. The highest BCUT2D eigenvalue weighted by Gasteiger charge is 2.70. The van der Waals surface area contributed by atoms with Crippen LogP contribution in [0.1, 0.15) is 34.2 Å². The second-order valence-electron chi connectivity index (χ2n) is 9.02. The first-order valence-corrected chi connectivity index (χ1v) is 11.0. The lowest BCUT2D eigenvalue weighted by atomic mass is 9.64. The number of rotatable bonds is 3. The molecule has 1 N–H and O–H groups in total. The summed E-state index contributed by atoms with van der Waals surface area (Å²) < 4.78 is 5.47. The fourth-order valence-electron chi connectivity index (χ4n) is 6.02. The molecule has 33 heavy (non-hydrogen) atoms. The molecule has 0 bridgehead atoms. The summed E-state index contributed by atoms with van der Waals surface area (Å²) in [6, 6.07) is 15.4. The molecule has 3 aromatic rings. The molecule has 2 aromatic carbocycles. The van der Waals surface area contributed by atoms with Crippen molar-refractivity contribution in [3.8, 4) is 0 Å². The largest absolute Gasteiger partial charge is 0.461 e. The van der Waals surface area contributed by atoms with Crippen LogP contribution in [0.25, 0.3) is 6.08 Å². The molecule has 0 unspecified atom stereocenters. The number of hydrogen-bond acceptors (Lipinski definition) is 5. The molecular formula is C27H22N2O4. The van der Waals surface area contributed by atoms with E-state index in [0.717, 1.165) is 22.4 Å². The van der Waals surface area contributed by atoms with E-state index in [1.165, 1.54) is 13.2 Å². The second-order valence-corrected chi connectivity index (χ2v) is 9.02. The van der Waals surface area contributed by atoms with Gasteiger partial charge in [-0.25, -0.2) is 0 Å². The minimum absolute atomic E-state index is 0.149. The van der Waals surface area contributed by atoms with Gasteiger partial charge in [0.15, 0.2) is 11.5 Å². The van der Waals surface area contributed by atoms with E-state index in [1.807, 2.05) is 60.4 Å². The molecule has 4 atom stereocenters. The summed E-state index contributed by atoms with van der Waals surface area (Å²) in [6.45, 7) is 3.51. The van der Waals surface area contributed by atoms with Crippen molar-refractivity contribution < 1.29 is 18.8 Å². The number of para-hydroxylation sites is 1. The van der Waals surface area contributed by atoms with Crippen LogP contribution >= 0.6 is 0 Å². The number of furan rings is 1. The number of nitrogens with one attached hydrogen (secondary N) is 1. The zero-order valence-corrected chi connectivity index (χ0v) is 18.2. The number of anilines is 2. The van der Waals surface area contributed by atoms with E-state index in [-0.39, 0.29) is 23.2 Å². The monoisotopic (exact) mass is 438 g/mol. The molecule has 1 saturated heterocycles. The Labute approximate surface area is 190 Å². The third-order valence-corrected chi connectivity index (χ3v) is 7.25. The summed E-state index contributed by atoms with van der Waals surface area (Å²) in [5.41, 5.74) is 3.05. The lowest BCUT2D eigenvalue weighted by molar-refractivity contribution is -0.122. The number of Topliss-reactive ketones (excluding diaryl/α,β-unsaturated/α-hetero) is 2. The normalized spacial score (nSPS) is 26.7. The first-order chi connectivity index (χ1) is 15.9. The Kier molecular flexibility index (Phi) is 4.06. The average Bonchev–Trinajstić information content (AvgIpc) is 3.50. The van der Waals surface area contributed by atoms with E-state index >= 15 is 0 Å². The zero-order chi connectivity index (χ0) is 22.9. The van der Waals surface area contributed by atoms with Crippen LogP contribution in [0.5, 0.6) is 0 Å². The number of ketones is 2.